The van der Waals surface area contributed by atoms with E-state index in [1.54, 1.807) is 37.4 Å². The van der Waals surface area contributed by atoms with Crippen molar-refractivity contribution in [1.82, 2.24) is 14.7 Å². The minimum absolute atomic E-state index is 0.103. The van der Waals surface area contributed by atoms with Gasteiger partial charge in [0, 0.05) is 35.5 Å². The number of pyridine rings is 1. The van der Waals surface area contributed by atoms with Gasteiger partial charge in [-0.2, -0.15) is 13.2 Å². The number of carbonyl (C=O) groups is 2. The highest BCUT2D eigenvalue weighted by atomic mass is 19.4. The molecule has 1 amide bonds. The fourth-order valence-corrected chi connectivity index (χ4v) is 4.68. The summed E-state index contributed by atoms with van der Waals surface area (Å²) in [5.41, 5.74) is 6.47. The van der Waals surface area contributed by atoms with Gasteiger partial charge in [0.1, 0.15) is 0 Å². The van der Waals surface area contributed by atoms with E-state index in [1.165, 1.54) is 7.11 Å². The number of aromatic nitrogens is 2. The zero-order valence-corrected chi connectivity index (χ0v) is 22.4. The number of benzene rings is 2. The van der Waals surface area contributed by atoms with E-state index in [9.17, 15) is 22.8 Å². The minimum Gasteiger partial charge on any atom is -0.465 e. The number of aryl methyl sites for hydroxylation is 2. The number of amides is 1. The van der Waals surface area contributed by atoms with Crippen molar-refractivity contribution >= 4 is 23.2 Å². The van der Waals surface area contributed by atoms with E-state index < -0.39 is 18.6 Å². The van der Waals surface area contributed by atoms with Crippen LogP contribution < -0.4 is 10.6 Å². The van der Waals surface area contributed by atoms with E-state index >= 15 is 0 Å². The molecule has 1 aliphatic carbocycles. The second-order valence-electron chi connectivity index (χ2n) is 10.1. The summed E-state index contributed by atoms with van der Waals surface area (Å²) in [6.07, 6.45) is 0.232. The number of nitrogens with zero attached hydrogens (tertiary/aromatic N) is 2. The molecule has 10 heteroatoms. The summed E-state index contributed by atoms with van der Waals surface area (Å²) >= 11 is 0. The number of methoxy groups -OCH3 is 1. The van der Waals surface area contributed by atoms with Gasteiger partial charge < -0.3 is 15.4 Å². The zero-order chi connectivity index (χ0) is 28.6. The highest BCUT2D eigenvalue weighted by molar-refractivity contribution is 5.96. The molecule has 0 bridgehead atoms. The molecular formula is C30H29F3N4O3. The van der Waals surface area contributed by atoms with Crippen LogP contribution in [0, 0.1) is 13.8 Å². The highest BCUT2D eigenvalue weighted by Crippen LogP contribution is 2.32. The van der Waals surface area contributed by atoms with E-state index in [2.05, 4.69) is 15.6 Å². The fourth-order valence-electron chi connectivity index (χ4n) is 4.68. The number of halogens is 3. The number of rotatable bonds is 8. The zero-order valence-electron chi connectivity index (χ0n) is 22.4. The first-order valence-electron chi connectivity index (χ1n) is 13.0. The number of hydrogen-bond donors (Lipinski definition) is 2. The summed E-state index contributed by atoms with van der Waals surface area (Å²) < 4.78 is 45.3. The molecule has 0 atom stereocenters. The van der Waals surface area contributed by atoms with Crippen molar-refractivity contribution < 1.29 is 27.5 Å². The van der Waals surface area contributed by atoms with Crippen LogP contribution in [0.2, 0.25) is 0 Å². The van der Waals surface area contributed by atoms with E-state index in [4.69, 9.17) is 4.74 Å². The molecule has 2 aromatic carbocycles. The average molecular weight is 551 g/mol. The van der Waals surface area contributed by atoms with Gasteiger partial charge in [0.15, 0.2) is 5.65 Å². The summed E-state index contributed by atoms with van der Waals surface area (Å²) in [4.78, 5) is 29.2. The molecule has 0 spiro atoms. The van der Waals surface area contributed by atoms with Gasteiger partial charge in [-0.15, -0.1) is 0 Å². The largest absolute Gasteiger partial charge is 0.465 e. The van der Waals surface area contributed by atoms with E-state index in [1.807, 2.05) is 35.7 Å². The fraction of sp³-hybridized carbons (Fsp3) is 0.300. The Morgan fingerprint density at radius 3 is 2.33 bits per heavy atom. The number of anilines is 1. The first-order chi connectivity index (χ1) is 19.0. The van der Waals surface area contributed by atoms with Gasteiger partial charge in [0.25, 0.3) is 5.91 Å². The van der Waals surface area contributed by atoms with E-state index in [0.29, 0.717) is 28.0 Å². The predicted molar refractivity (Wildman–Crippen MR) is 147 cm³/mol. The molecule has 0 radical (unpaired) electrons. The maximum Gasteiger partial charge on any atom is 0.390 e. The van der Waals surface area contributed by atoms with Gasteiger partial charge in [0.2, 0.25) is 0 Å². The van der Waals surface area contributed by atoms with Crippen LogP contribution in [0.3, 0.4) is 0 Å². The molecule has 5 rings (SSSR count). The summed E-state index contributed by atoms with van der Waals surface area (Å²) in [7, 11) is 1.32. The number of ether oxygens (including phenoxy) is 1. The highest BCUT2D eigenvalue weighted by Gasteiger charge is 2.27. The number of carbonyl (C=O) groups excluding carboxylic acids is 2. The summed E-state index contributed by atoms with van der Waals surface area (Å²) in [5.74, 6) is -0.551. The molecule has 0 aliphatic heterocycles. The van der Waals surface area contributed by atoms with Gasteiger partial charge in [-0.3, -0.25) is 9.20 Å². The lowest BCUT2D eigenvalue weighted by molar-refractivity contribution is -0.131. The van der Waals surface area contributed by atoms with E-state index in [-0.39, 0.29) is 18.5 Å². The summed E-state index contributed by atoms with van der Waals surface area (Å²) in [6.45, 7) is 3.36. The minimum atomic E-state index is -4.30. The predicted octanol–water partition coefficient (Wildman–Crippen LogP) is 6.33. The lowest BCUT2D eigenvalue weighted by atomic mass is 10.0. The van der Waals surface area contributed by atoms with Crippen molar-refractivity contribution in [3.05, 3.63) is 77.1 Å². The van der Waals surface area contributed by atoms with Gasteiger partial charge >= 0.3 is 12.1 Å². The smallest absolute Gasteiger partial charge is 0.390 e. The SMILES string of the molecule is COC(=O)c1ccc(-c2cc(NCCC(F)(F)F)c3ncc(-c4ccc(C(=O)NC5CC5)c(C)c4)n3c2)cc1C. The average Bonchev–Trinajstić information content (AvgIpc) is 3.61. The second kappa shape index (κ2) is 10.7. The van der Waals surface area contributed by atoms with Crippen molar-refractivity contribution in [3.8, 4) is 22.4 Å². The number of fused-ring (bicyclic) bond motifs is 1. The van der Waals surface area contributed by atoms with Crippen molar-refractivity contribution in [1.29, 1.82) is 0 Å². The third-order valence-corrected chi connectivity index (χ3v) is 6.97. The molecule has 2 heterocycles. The molecule has 4 aromatic rings. The summed E-state index contributed by atoms with van der Waals surface area (Å²) in [5, 5.41) is 5.91. The Balaban J connectivity index is 1.57. The van der Waals surface area contributed by atoms with Crippen LogP contribution in [0.1, 0.15) is 51.1 Å². The van der Waals surface area contributed by atoms with Crippen LogP contribution in [0.5, 0.6) is 0 Å². The van der Waals surface area contributed by atoms with Crippen molar-refractivity contribution in [2.45, 2.75) is 45.3 Å². The Morgan fingerprint density at radius 1 is 1.00 bits per heavy atom. The number of hydrogen-bond acceptors (Lipinski definition) is 5. The second-order valence-corrected chi connectivity index (χ2v) is 10.1. The molecule has 1 aliphatic rings. The molecule has 2 aromatic heterocycles. The molecule has 0 saturated heterocycles. The lowest BCUT2D eigenvalue weighted by Gasteiger charge is -2.14. The Bertz CT molecular complexity index is 1610. The molecule has 1 saturated carbocycles. The molecule has 7 nitrogen and oxygen atoms in total. The number of nitrogens with one attached hydrogen (secondary N) is 2. The Labute approximate surface area is 229 Å². The first kappa shape index (κ1) is 27.2. The van der Waals surface area contributed by atoms with Crippen LogP contribution in [-0.2, 0) is 4.74 Å². The number of esters is 1. The van der Waals surface area contributed by atoms with Crippen LogP contribution in [0.25, 0.3) is 28.0 Å². The maximum absolute atomic E-state index is 12.9. The van der Waals surface area contributed by atoms with Crippen LogP contribution in [-0.4, -0.2) is 47.1 Å². The molecule has 0 unspecified atom stereocenters. The molecule has 208 valence electrons. The van der Waals surface area contributed by atoms with Crippen LogP contribution in [0.15, 0.2) is 54.9 Å². The van der Waals surface area contributed by atoms with Crippen molar-refractivity contribution in [3.63, 3.8) is 0 Å². The monoisotopic (exact) mass is 550 g/mol. The van der Waals surface area contributed by atoms with Crippen molar-refractivity contribution in [2.24, 2.45) is 0 Å². The maximum atomic E-state index is 12.9. The third-order valence-electron chi connectivity index (χ3n) is 6.97. The quantitative estimate of drug-likeness (QED) is 0.251. The van der Waals surface area contributed by atoms with Crippen molar-refractivity contribution in [2.75, 3.05) is 19.0 Å². The third kappa shape index (κ3) is 5.80. The Morgan fingerprint density at radius 2 is 1.68 bits per heavy atom. The summed E-state index contributed by atoms with van der Waals surface area (Å²) in [6, 6.07) is 12.8. The topological polar surface area (TPSA) is 84.7 Å². The number of alkyl halides is 3. The Hall–Kier alpha value is -4.34. The first-order valence-corrected chi connectivity index (χ1v) is 13.0. The van der Waals surface area contributed by atoms with E-state index in [0.717, 1.165) is 40.8 Å². The normalized spacial score (nSPS) is 13.3. The molecular weight excluding hydrogens is 521 g/mol. The molecule has 40 heavy (non-hydrogen) atoms. The van der Waals surface area contributed by atoms with Crippen LogP contribution >= 0.6 is 0 Å². The molecule has 1 fully saturated rings. The van der Waals surface area contributed by atoms with Crippen LogP contribution in [0.4, 0.5) is 18.9 Å². The molecule has 2 N–H and O–H groups in total. The van der Waals surface area contributed by atoms with Gasteiger partial charge in [-0.05, 0) is 67.6 Å². The standard InChI is InChI=1S/C30H29F3N4O3/c1-17-13-20(5-8-23(17)28(38)36-22-6-7-22)26-15-35-27-25(34-11-10-30(31,32)33)14-21(16-37(26)27)19-4-9-24(18(2)12-19)29(39)40-3/h4-5,8-9,12-16,22,34H,6-7,10-11H2,1-3H3,(H,36,38). The van der Waals surface area contributed by atoms with Gasteiger partial charge in [0.05, 0.1) is 36.7 Å². The van der Waals surface area contributed by atoms with Gasteiger partial charge in [-0.1, -0.05) is 18.2 Å². The number of imidazole rings is 1. The van der Waals surface area contributed by atoms with Gasteiger partial charge in [-0.25, -0.2) is 9.78 Å². The Kier molecular flexibility index (Phi) is 7.27. The lowest BCUT2D eigenvalue weighted by Crippen LogP contribution is -2.26.